The molecular weight excluding hydrogens is 253 g/mol. The first kappa shape index (κ1) is 13.0. The third kappa shape index (κ3) is 2.25. The number of hydrogen-bond acceptors (Lipinski definition) is 2. The van der Waals surface area contributed by atoms with Crippen molar-refractivity contribution in [2.45, 2.75) is 18.3 Å². The Bertz CT molecular complexity index is 662. The molecule has 0 bridgehead atoms. The fraction of sp³-hybridized carbons (Fsp3) is 0.235. The van der Waals surface area contributed by atoms with Crippen molar-refractivity contribution in [3.05, 3.63) is 71.0 Å². The summed E-state index contributed by atoms with van der Waals surface area (Å²) in [5, 5.41) is 0. The first-order valence-corrected chi connectivity index (χ1v) is 6.75. The van der Waals surface area contributed by atoms with Gasteiger partial charge < -0.3 is 5.73 Å². The Labute approximate surface area is 117 Å². The Hall–Kier alpha value is -2.00. The fourth-order valence-electron chi connectivity index (χ4n) is 2.55. The van der Waals surface area contributed by atoms with Crippen molar-refractivity contribution >= 4 is 5.78 Å². The lowest BCUT2D eigenvalue weighted by Crippen LogP contribution is -2.20. The summed E-state index contributed by atoms with van der Waals surface area (Å²) in [7, 11) is 0. The van der Waals surface area contributed by atoms with E-state index in [4.69, 9.17) is 5.73 Å². The summed E-state index contributed by atoms with van der Waals surface area (Å²) in [5.41, 5.74) is 7.96. The molecule has 20 heavy (non-hydrogen) atoms. The van der Waals surface area contributed by atoms with Gasteiger partial charge in [0.2, 0.25) is 0 Å². The van der Waals surface area contributed by atoms with E-state index in [-0.39, 0.29) is 11.2 Å². The van der Waals surface area contributed by atoms with Crippen LogP contribution < -0.4 is 5.73 Å². The zero-order valence-electron chi connectivity index (χ0n) is 11.1. The highest BCUT2D eigenvalue weighted by molar-refractivity contribution is 6.09. The van der Waals surface area contributed by atoms with E-state index in [2.05, 4.69) is 0 Å². The van der Waals surface area contributed by atoms with Gasteiger partial charge in [-0.05, 0) is 36.6 Å². The van der Waals surface area contributed by atoms with Crippen LogP contribution in [0.15, 0.2) is 48.5 Å². The van der Waals surface area contributed by atoms with Crippen molar-refractivity contribution in [2.75, 3.05) is 6.54 Å². The smallest absolute Gasteiger partial charge is 0.193 e. The molecule has 0 spiro atoms. The number of rotatable bonds is 4. The molecule has 2 aromatic carbocycles. The molecule has 0 radical (unpaired) electrons. The molecular formula is C17H16FNO. The average molecular weight is 269 g/mol. The number of nitrogens with two attached hydrogens (primary N) is 1. The summed E-state index contributed by atoms with van der Waals surface area (Å²) in [4.78, 5) is 12.4. The van der Waals surface area contributed by atoms with E-state index in [0.29, 0.717) is 17.7 Å². The molecule has 2 N–H and O–H groups in total. The maximum atomic E-state index is 13.2. The van der Waals surface area contributed by atoms with Gasteiger partial charge >= 0.3 is 0 Å². The van der Waals surface area contributed by atoms with Gasteiger partial charge in [0.25, 0.3) is 0 Å². The van der Waals surface area contributed by atoms with E-state index in [1.54, 1.807) is 18.2 Å². The van der Waals surface area contributed by atoms with Crippen LogP contribution in [-0.4, -0.2) is 12.3 Å². The van der Waals surface area contributed by atoms with Crippen molar-refractivity contribution in [2.24, 2.45) is 5.73 Å². The summed E-state index contributed by atoms with van der Waals surface area (Å²) in [6.45, 7) is 0.602. The number of hydrogen-bond donors (Lipinski definition) is 1. The minimum Gasteiger partial charge on any atom is -0.330 e. The van der Waals surface area contributed by atoms with Gasteiger partial charge in [-0.25, -0.2) is 4.39 Å². The Morgan fingerprint density at radius 2 is 1.75 bits per heavy atom. The fourth-order valence-corrected chi connectivity index (χ4v) is 2.55. The zero-order valence-corrected chi connectivity index (χ0v) is 11.1. The third-order valence-electron chi connectivity index (χ3n) is 4.07. The molecule has 3 rings (SSSR count). The minimum absolute atomic E-state index is 0.0538. The van der Waals surface area contributed by atoms with Gasteiger partial charge in [-0.3, -0.25) is 4.79 Å². The molecule has 0 heterocycles. The predicted octanol–water partition coefficient (Wildman–Crippen LogP) is 3.05. The highest BCUT2D eigenvalue weighted by Crippen LogP contribution is 2.47. The third-order valence-corrected chi connectivity index (χ3v) is 4.07. The maximum Gasteiger partial charge on any atom is 0.193 e. The molecule has 1 aliphatic rings. The number of carbonyl (C=O) groups is 1. The number of carbonyl (C=O) groups excluding carboxylic acids is 1. The lowest BCUT2D eigenvalue weighted by atomic mass is 9.92. The Balaban J connectivity index is 1.95. The number of halogens is 1. The molecule has 3 heteroatoms. The van der Waals surface area contributed by atoms with Crippen molar-refractivity contribution in [1.82, 2.24) is 0 Å². The van der Waals surface area contributed by atoms with E-state index < -0.39 is 5.82 Å². The zero-order chi connectivity index (χ0) is 14.2. The van der Waals surface area contributed by atoms with Gasteiger partial charge in [-0.2, -0.15) is 0 Å². The molecule has 1 fully saturated rings. The van der Waals surface area contributed by atoms with Crippen LogP contribution in [0.25, 0.3) is 0 Å². The molecule has 1 saturated carbocycles. The molecule has 0 aromatic heterocycles. The normalized spacial score (nSPS) is 15.9. The van der Waals surface area contributed by atoms with Gasteiger partial charge in [0, 0.05) is 23.1 Å². The molecule has 102 valence electrons. The van der Waals surface area contributed by atoms with Gasteiger partial charge in [0.1, 0.15) is 5.82 Å². The topological polar surface area (TPSA) is 43.1 Å². The Morgan fingerprint density at radius 1 is 1.10 bits per heavy atom. The number of ketones is 1. The molecule has 0 saturated heterocycles. The van der Waals surface area contributed by atoms with Gasteiger partial charge in [-0.1, -0.05) is 30.3 Å². The first-order chi connectivity index (χ1) is 9.64. The second kappa shape index (κ2) is 4.84. The van der Waals surface area contributed by atoms with E-state index in [0.717, 1.165) is 18.4 Å². The molecule has 0 aliphatic heterocycles. The highest BCUT2D eigenvalue weighted by atomic mass is 19.1. The molecule has 0 atom stereocenters. The molecule has 0 amide bonds. The summed E-state index contributed by atoms with van der Waals surface area (Å²) < 4.78 is 13.2. The van der Waals surface area contributed by atoms with Crippen LogP contribution >= 0.6 is 0 Å². The Morgan fingerprint density at radius 3 is 2.35 bits per heavy atom. The first-order valence-electron chi connectivity index (χ1n) is 6.75. The van der Waals surface area contributed by atoms with Crippen LogP contribution in [0.1, 0.15) is 34.3 Å². The van der Waals surface area contributed by atoms with Crippen LogP contribution in [-0.2, 0) is 5.41 Å². The van der Waals surface area contributed by atoms with Crippen LogP contribution in [0, 0.1) is 5.82 Å². The van der Waals surface area contributed by atoms with Crippen molar-refractivity contribution < 1.29 is 9.18 Å². The summed E-state index contributed by atoms with van der Waals surface area (Å²) >= 11 is 0. The van der Waals surface area contributed by atoms with Crippen molar-refractivity contribution in [3.63, 3.8) is 0 Å². The minimum atomic E-state index is -0.396. The van der Waals surface area contributed by atoms with Crippen LogP contribution in [0.5, 0.6) is 0 Å². The van der Waals surface area contributed by atoms with Gasteiger partial charge in [0.05, 0.1) is 0 Å². The van der Waals surface area contributed by atoms with E-state index in [1.165, 1.54) is 12.1 Å². The molecule has 2 aromatic rings. The summed E-state index contributed by atoms with van der Waals surface area (Å²) in [6.07, 6.45) is 2.14. The van der Waals surface area contributed by atoms with Crippen molar-refractivity contribution in [1.29, 1.82) is 0 Å². The molecule has 2 nitrogen and oxygen atoms in total. The summed E-state index contributed by atoms with van der Waals surface area (Å²) in [5.74, 6) is -0.549. The SMILES string of the molecule is NCC1(c2cccc(C(=O)c3cccc(F)c3)c2)CC1. The van der Waals surface area contributed by atoms with E-state index >= 15 is 0 Å². The van der Waals surface area contributed by atoms with Crippen molar-refractivity contribution in [3.8, 4) is 0 Å². The van der Waals surface area contributed by atoms with Crippen LogP contribution in [0.3, 0.4) is 0 Å². The average Bonchev–Trinajstić information content (AvgIpc) is 3.28. The predicted molar refractivity (Wildman–Crippen MR) is 76.2 cm³/mol. The second-order valence-electron chi connectivity index (χ2n) is 5.40. The second-order valence-corrected chi connectivity index (χ2v) is 5.40. The molecule has 0 unspecified atom stereocenters. The van der Waals surface area contributed by atoms with Gasteiger partial charge in [-0.15, -0.1) is 0 Å². The maximum absolute atomic E-state index is 13.2. The van der Waals surface area contributed by atoms with Crippen LogP contribution in [0.4, 0.5) is 4.39 Å². The van der Waals surface area contributed by atoms with Crippen LogP contribution in [0.2, 0.25) is 0 Å². The lowest BCUT2D eigenvalue weighted by Gasteiger charge is -2.13. The van der Waals surface area contributed by atoms with Gasteiger partial charge in [0.15, 0.2) is 5.78 Å². The molecule has 1 aliphatic carbocycles. The van der Waals surface area contributed by atoms with E-state index in [1.807, 2.05) is 18.2 Å². The monoisotopic (exact) mass is 269 g/mol. The lowest BCUT2D eigenvalue weighted by molar-refractivity contribution is 0.103. The van der Waals surface area contributed by atoms with E-state index in [9.17, 15) is 9.18 Å². The summed E-state index contributed by atoms with van der Waals surface area (Å²) in [6, 6.07) is 13.3. The number of benzene rings is 2. The largest absolute Gasteiger partial charge is 0.330 e. The Kier molecular flexibility index (Phi) is 3.14. The quantitative estimate of drug-likeness (QED) is 0.867. The highest BCUT2D eigenvalue weighted by Gasteiger charge is 2.42. The standard InChI is InChI=1S/C17H16FNO/c18-15-6-2-4-13(10-15)16(20)12-3-1-5-14(9-12)17(11-19)7-8-17/h1-6,9-10H,7-8,11,19H2.